The van der Waals surface area contributed by atoms with Crippen molar-refractivity contribution < 1.29 is 4.74 Å². The molecule has 0 unspecified atom stereocenters. The van der Waals surface area contributed by atoms with E-state index in [1.807, 2.05) is 17.4 Å². The molecule has 1 nitrogen and oxygen atoms in total. The first-order valence-electron chi connectivity index (χ1n) is 14.1. The second kappa shape index (κ2) is 9.19. The summed E-state index contributed by atoms with van der Waals surface area (Å²) >= 11 is 1.88. The van der Waals surface area contributed by atoms with E-state index in [2.05, 4.69) is 141 Å². The summed E-state index contributed by atoms with van der Waals surface area (Å²) in [4.78, 5) is 0. The smallest absolute Gasteiger partial charge is 0.132 e. The van der Waals surface area contributed by atoms with E-state index in [9.17, 15) is 0 Å². The maximum Gasteiger partial charge on any atom is 0.132 e. The number of benzene rings is 6. The van der Waals surface area contributed by atoms with Gasteiger partial charge in [0.25, 0.3) is 0 Å². The molecule has 0 aliphatic carbocycles. The standard InChI is InChI=1S/C39H28OS/c1-39(2)33-16-7-8-17-35(33)40-36-24-26(19-20-34(36)39)28-21-27(25-11-4-3-5-12-25)22-29(23-28)30-14-10-15-32-31-13-6-9-18-37(31)41-38(30)32/h3-24H,1-2H3. The third-order valence-corrected chi connectivity index (χ3v) is 9.74. The lowest BCUT2D eigenvalue weighted by molar-refractivity contribution is 0.418. The van der Waals surface area contributed by atoms with Crippen molar-refractivity contribution >= 4 is 31.5 Å². The van der Waals surface area contributed by atoms with Crippen LogP contribution in [0.15, 0.2) is 133 Å². The lowest BCUT2D eigenvalue weighted by Gasteiger charge is -2.34. The highest BCUT2D eigenvalue weighted by Gasteiger charge is 2.34. The van der Waals surface area contributed by atoms with Gasteiger partial charge in [-0.25, -0.2) is 0 Å². The zero-order valence-corrected chi connectivity index (χ0v) is 23.8. The average Bonchev–Trinajstić information content (AvgIpc) is 3.40. The zero-order valence-electron chi connectivity index (χ0n) is 23.0. The minimum absolute atomic E-state index is 0.128. The van der Waals surface area contributed by atoms with Crippen LogP contribution in [0.3, 0.4) is 0 Å². The lowest BCUT2D eigenvalue weighted by atomic mass is 9.75. The summed E-state index contributed by atoms with van der Waals surface area (Å²) in [6.45, 7) is 4.57. The van der Waals surface area contributed by atoms with Crippen LogP contribution in [0.5, 0.6) is 11.5 Å². The molecule has 0 saturated heterocycles. The van der Waals surface area contributed by atoms with Crippen LogP contribution in [-0.4, -0.2) is 0 Å². The molecule has 0 saturated carbocycles. The van der Waals surface area contributed by atoms with Gasteiger partial charge in [0.2, 0.25) is 0 Å². The molecule has 0 N–H and O–H groups in total. The Morgan fingerprint density at radius 3 is 2.05 bits per heavy atom. The number of hydrogen-bond acceptors (Lipinski definition) is 2. The average molecular weight is 545 g/mol. The third kappa shape index (κ3) is 3.90. The van der Waals surface area contributed by atoms with Crippen LogP contribution in [0, 0.1) is 0 Å². The number of para-hydroxylation sites is 1. The molecule has 196 valence electrons. The summed E-state index contributed by atoms with van der Waals surface area (Å²) in [5.74, 6) is 1.88. The second-order valence-corrected chi connectivity index (χ2v) is 12.4. The summed E-state index contributed by atoms with van der Waals surface area (Å²) in [7, 11) is 0. The van der Waals surface area contributed by atoms with Gasteiger partial charge in [-0.2, -0.15) is 0 Å². The molecule has 0 fully saturated rings. The monoisotopic (exact) mass is 544 g/mol. The van der Waals surface area contributed by atoms with Crippen molar-refractivity contribution in [1.29, 1.82) is 0 Å². The SMILES string of the molecule is CC1(C)c2ccccc2Oc2cc(-c3cc(-c4ccccc4)cc(-c4cccc5c4sc4ccccc45)c3)ccc21. The summed E-state index contributed by atoms with van der Waals surface area (Å²) in [6, 6.07) is 48.2. The second-order valence-electron chi connectivity index (χ2n) is 11.4. The molecule has 7 aromatic rings. The van der Waals surface area contributed by atoms with Crippen molar-refractivity contribution in [3.8, 4) is 44.9 Å². The van der Waals surface area contributed by atoms with Gasteiger partial charge in [-0.3, -0.25) is 0 Å². The molecular weight excluding hydrogens is 516 g/mol. The van der Waals surface area contributed by atoms with Gasteiger partial charge in [-0.1, -0.05) is 111 Å². The third-order valence-electron chi connectivity index (χ3n) is 8.52. The van der Waals surface area contributed by atoms with E-state index in [1.165, 1.54) is 59.1 Å². The van der Waals surface area contributed by atoms with E-state index in [-0.39, 0.29) is 5.41 Å². The molecule has 2 heteroatoms. The van der Waals surface area contributed by atoms with E-state index < -0.39 is 0 Å². The van der Waals surface area contributed by atoms with Crippen molar-refractivity contribution in [1.82, 2.24) is 0 Å². The quantitative estimate of drug-likeness (QED) is 0.215. The van der Waals surface area contributed by atoms with Crippen LogP contribution >= 0.6 is 11.3 Å². The number of ether oxygens (including phenoxy) is 1. The fraction of sp³-hybridized carbons (Fsp3) is 0.0769. The summed E-state index contributed by atoms with van der Waals surface area (Å²) in [5, 5.41) is 2.64. The summed E-state index contributed by atoms with van der Waals surface area (Å²) in [6.07, 6.45) is 0. The lowest BCUT2D eigenvalue weighted by Crippen LogP contribution is -2.24. The van der Waals surface area contributed by atoms with Gasteiger partial charge < -0.3 is 4.74 Å². The predicted molar refractivity (Wildman–Crippen MR) is 174 cm³/mol. The largest absolute Gasteiger partial charge is 0.457 e. The molecule has 6 aromatic carbocycles. The number of hydrogen-bond donors (Lipinski definition) is 0. The van der Waals surface area contributed by atoms with Gasteiger partial charge in [0.05, 0.1) is 0 Å². The Kier molecular flexibility index (Phi) is 5.42. The Morgan fingerprint density at radius 1 is 0.488 bits per heavy atom. The van der Waals surface area contributed by atoms with Gasteiger partial charge in [-0.05, 0) is 69.8 Å². The van der Waals surface area contributed by atoms with Gasteiger partial charge in [0.15, 0.2) is 0 Å². The maximum absolute atomic E-state index is 6.50. The first kappa shape index (κ1) is 24.2. The van der Waals surface area contributed by atoms with Crippen molar-refractivity contribution in [2.75, 3.05) is 0 Å². The van der Waals surface area contributed by atoms with E-state index >= 15 is 0 Å². The summed E-state index contributed by atoms with van der Waals surface area (Å²) in [5.41, 5.74) is 9.57. The van der Waals surface area contributed by atoms with Crippen LogP contribution in [-0.2, 0) is 5.41 Å². The van der Waals surface area contributed by atoms with Gasteiger partial charge >= 0.3 is 0 Å². The molecule has 0 atom stereocenters. The first-order valence-corrected chi connectivity index (χ1v) is 14.9. The van der Waals surface area contributed by atoms with E-state index in [0.29, 0.717) is 0 Å². The molecule has 1 aliphatic heterocycles. The van der Waals surface area contributed by atoms with Crippen molar-refractivity contribution in [2.45, 2.75) is 19.3 Å². The molecule has 0 bridgehead atoms. The molecule has 1 aliphatic rings. The van der Waals surface area contributed by atoms with Crippen molar-refractivity contribution in [2.24, 2.45) is 0 Å². The van der Waals surface area contributed by atoms with Crippen LogP contribution in [0.1, 0.15) is 25.0 Å². The Hall–Kier alpha value is -4.66. The Labute approximate surface area is 244 Å². The van der Waals surface area contributed by atoms with Crippen molar-refractivity contribution in [3.05, 3.63) is 145 Å². The van der Waals surface area contributed by atoms with E-state index in [4.69, 9.17) is 4.74 Å². The Morgan fingerprint density at radius 2 is 1.17 bits per heavy atom. The highest BCUT2D eigenvalue weighted by Crippen LogP contribution is 2.49. The fourth-order valence-electron chi connectivity index (χ4n) is 6.36. The summed E-state index contributed by atoms with van der Waals surface area (Å²) < 4.78 is 9.15. The number of rotatable bonds is 3. The molecule has 8 rings (SSSR count). The zero-order chi connectivity index (χ0) is 27.6. The van der Waals surface area contributed by atoms with Gasteiger partial charge in [0, 0.05) is 36.7 Å². The molecule has 41 heavy (non-hydrogen) atoms. The number of fused-ring (bicyclic) bond motifs is 5. The maximum atomic E-state index is 6.50. The fourth-order valence-corrected chi connectivity index (χ4v) is 7.60. The van der Waals surface area contributed by atoms with Crippen LogP contribution < -0.4 is 4.74 Å². The minimum Gasteiger partial charge on any atom is -0.457 e. The van der Waals surface area contributed by atoms with Crippen molar-refractivity contribution in [3.63, 3.8) is 0 Å². The predicted octanol–water partition coefficient (Wildman–Crippen LogP) is 11.5. The van der Waals surface area contributed by atoms with Gasteiger partial charge in [0.1, 0.15) is 11.5 Å². The van der Waals surface area contributed by atoms with Crippen LogP contribution in [0.2, 0.25) is 0 Å². The minimum atomic E-state index is -0.128. The number of thiophene rings is 1. The van der Waals surface area contributed by atoms with Crippen LogP contribution in [0.25, 0.3) is 53.6 Å². The molecule has 1 aromatic heterocycles. The Balaban J connectivity index is 1.33. The molecule has 0 amide bonds. The highest BCUT2D eigenvalue weighted by atomic mass is 32.1. The van der Waals surface area contributed by atoms with E-state index in [1.54, 1.807) is 0 Å². The molecular formula is C39H28OS. The molecule has 0 spiro atoms. The van der Waals surface area contributed by atoms with E-state index in [0.717, 1.165) is 17.1 Å². The normalized spacial score (nSPS) is 13.5. The van der Waals surface area contributed by atoms with Crippen LogP contribution in [0.4, 0.5) is 0 Å². The first-order chi connectivity index (χ1) is 20.1. The van der Waals surface area contributed by atoms with Gasteiger partial charge in [-0.15, -0.1) is 11.3 Å². The molecule has 0 radical (unpaired) electrons. The topological polar surface area (TPSA) is 9.23 Å². The molecule has 2 heterocycles. The highest BCUT2D eigenvalue weighted by molar-refractivity contribution is 7.26. The Bertz CT molecular complexity index is 2100.